The molecule has 0 spiro atoms. The molecule has 0 radical (unpaired) electrons. The van der Waals surface area contributed by atoms with E-state index in [-0.39, 0.29) is 18.3 Å². The number of benzene rings is 1. The molecule has 1 aromatic heterocycles. The molecule has 0 unspecified atom stereocenters. The van der Waals surface area contributed by atoms with Crippen molar-refractivity contribution in [3.8, 4) is 0 Å². The zero-order valence-corrected chi connectivity index (χ0v) is 15.8. The van der Waals surface area contributed by atoms with E-state index in [1.165, 1.54) is 16.9 Å². The molecule has 0 saturated carbocycles. The molecule has 4 rings (SSSR count). The van der Waals surface area contributed by atoms with Crippen LogP contribution in [-0.2, 0) is 14.3 Å². The molecule has 1 N–H and O–H groups in total. The van der Waals surface area contributed by atoms with E-state index in [1.54, 1.807) is 24.3 Å². The summed E-state index contributed by atoms with van der Waals surface area (Å²) >= 11 is 0. The van der Waals surface area contributed by atoms with E-state index >= 15 is 0 Å². The summed E-state index contributed by atoms with van der Waals surface area (Å²) in [7, 11) is 1.26. The third kappa shape index (κ3) is 3.41. The van der Waals surface area contributed by atoms with Gasteiger partial charge in [-0.05, 0) is 25.0 Å². The summed E-state index contributed by atoms with van der Waals surface area (Å²) in [6, 6.07) is 5.97. The van der Waals surface area contributed by atoms with E-state index in [0.717, 1.165) is 0 Å². The smallest absolute Gasteiger partial charge is 0.410 e. The Labute approximate surface area is 165 Å². The first-order valence-electron chi connectivity index (χ1n) is 9.31. The lowest BCUT2D eigenvalue weighted by atomic mass is 10.0. The molecular weight excluding hydrogens is 380 g/mol. The second-order valence-electron chi connectivity index (χ2n) is 6.98. The van der Waals surface area contributed by atoms with Gasteiger partial charge in [0.15, 0.2) is 11.7 Å². The number of piperidine rings is 1. The van der Waals surface area contributed by atoms with Crippen LogP contribution in [0.5, 0.6) is 0 Å². The van der Waals surface area contributed by atoms with Gasteiger partial charge >= 0.3 is 12.1 Å². The quantitative estimate of drug-likeness (QED) is 0.746. The summed E-state index contributed by atoms with van der Waals surface area (Å²) < 4.78 is 9.75. The first-order chi connectivity index (χ1) is 14.0. The van der Waals surface area contributed by atoms with E-state index < -0.39 is 29.6 Å². The minimum absolute atomic E-state index is 0.0406. The standard InChI is InChI=1S/C19H20N4O6/c1-28-18(26)14-10-29-19(27)23(14)11-6-8-22(9-7-11)17(25)15-16(24)21-13-5-3-2-4-12(13)20-15/h2-5,11,14H,6-10H2,1H3,(H,21,24)/t14-/m0/s1. The highest BCUT2D eigenvalue weighted by atomic mass is 16.6. The van der Waals surface area contributed by atoms with Crippen molar-refractivity contribution in [3.05, 3.63) is 40.3 Å². The van der Waals surface area contributed by atoms with Crippen molar-refractivity contribution in [3.63, 3.8) is 0 Å². The normalized spacial score (nSPS) is 20.0. The number of esters is 1. The maximum absolute atomic E-state index is 12.8. The molecule has 10 heteroatoms. The van der Waals surface area contributed by atoms with Crippen LogP contribution in [0.4, 0.5) is 4.79 Å². The second-order valence-corrected chi connectivity index (χ2v) is 6.98. The SMILES string of the molecule is COC(=O)[C@@H]1COC(=O)N1C1CCN(C(=O)c2nc3ccccc3[nH]c2=O)CC1. The molecule has 3 heterocycles. The molecule has 2 aromatic rings. The van der Waals surface area contributed by atoms with Gasteiger partial charge in [-0.3, -0.25) is 14.5 Å². The van der Waals surface area contributed by atoms with Crippen LogP contribution in [0.15, 0.2) is 29.1 Å². The molecule has 2 fully saturated rings. The molecule has 29 heavy (non-hydrogen) atoms. The van der Waals surface area contributed by atoms with Crippen LogP contribution in [0.2, 0.25) is 0 Å². The molecule has 10 nitrogen and oxygen atoms in total. The average Bonchev–Trinajstić information content (AvgIpc) is 3.13. The topological polar surface area (TPSA) is 122 Å². The molecule has 1 aromatic carbocycles. The van der Waals surface area contributed by atoms with Gasteiger partial charge in [-0.2, -0.15) is 0 Å². The maximum atomic E-state index is 12.8. The highest BCUT2D eigenvalue weighted by molar-refractivity contribution is 5.93. The zero-order valence-electron chi connectivity index (χ0n) is 15.8. The van der Waals surface area contributed by atoms with Gasteiger partial charge < -0.3 is 19.4 Å². The largest absolute Gasteiger partial charge is 0.467 e. The molecule has 2 amide bonds. The lowest BCUT2D eigenvalue weighted by Crippen LogP contribution is -2.52. The Morgan fingerprint density at radius 2 is 1.93 bits per heavy atom. The van der Waals surface area contributed by atoms with Crippen LogP contribution >= 0.6 is 0 Å². The minimum atomic E-state index is -0.773. The van der Waals surface area contributed by atoms with Crippen LogP contribution in [0.25, 0.3) is 11.0 Å². The Balaban J connectivity index is 1.48. The minimum Gasteiger partial charge on any atom is -0.467 e. The van der Waals surface area contributed by atoms with Gasteiger partial charge in [0, 0.05) is 19.1 Å². The number of carbonyl (C=O) groups excluding carboxylic acids is 3. The highest BCUT2D eigenvalue weighted by Gasteiger charge is 2.44. The number of fused-ring (bicyclic) bond motifs is 1. The number of aromatic amines is 1. The fraction of sp³-hybridized carbons (Fsp3) is 0.421. The Morgan fingerprint density at radius 3 is 2.66 bits per heavy atom. The van der Waals surface area contributed by atoms with Crippen molar-refractivity contribution in [2.24, 2.45) is 0 Å². The van der Waals surface area contributed by atoms with Crippen molar-refractivity contribution >= 4 is 29.0 Å². The van der Waals surface area contributed by atoms with Crippen molar-refractivity contribution in [2.45, 2.75) is 24.9 Å². The van der Waals surface area contributed by atoms with Gasteiger partial charge in [0.2, 0.25) is 0 Å². The monoisotopic (exact) mass is 400 g/mol. The first kappa shape index (κ1) is 18.9. The fourth-order valence-electron chi connectivity index (χ4n) is 3.82. The number of aromatic nitrogens is 2. The molecule has 2 aliphatic rings. The predicted molar refractivity (Wildman–Crippen MR) is 100 cm³/mol. The Kier molecular flexibility index (Phi) is 4.91. The van der Waals surface area contributed by atoms with E-state index in [0.29, 0.717) is 37.0 Å². The van der Waals surface area contributed by atoms with E-state index in [9.17, 15) is 19.2 Å². The number of cyclic esters (lactones) is 1. The Hall–Kier alpha value is -3.43. The molecule has 152 valence electrons. The summed E-state index contributed by atoms with van der Waals surface area (Å²) in [5.41, 5.74) is 0.403. The molecule has 0 aliphatic carbocycles. The van der Waals surface area contributed by atoms with Crippen molar-refractivity contribution in [1.29, 1.82) is 0 Å². The number of hydrogen-bond acceptors (Lipinski definition) is 7. The number of methoxy groups -OCH3 is 1. The number of amides is 2. The summed E-state index contributed by atoms with van der Waals surface area (Å²) in [6.45, 7) is 0.616. The number of nitrogens with zero attached hydrogens (tertiary/aromatic N) is 3. The van der Waals surface area contributed by atoms with Gasteiger partial charge in [0.1, 0.15) is 6.61 Å². The summed E-state index contributed by atoms with van der Waals surface area (Å²) in [5, 5.41) is 0. The number of hydrogen-bond donors (Lipinski definition) is 1. The number of carbonyl (C=O) groups is 3. The molecule has 2 aliphatic heterocycles. The average molecular weight is 400 g/mol. The van der Waals surface area contributed by atoms with Gasteiger partial charge in [0.05, 0.1) is 18.1 Å². The van der Waals surface area contributed by atoms with Crippen LogP contribution in [0.3, 0.4) is 0 Å². The number of nitrogens with one attached hydrogen (secondary N) is 1. The Morgan fingerprint density at radius 1 is 1.21 bits per heavy atom. The predicted octanol–water partition coefficient (Wildman–Crippen LogP) is 0.521. The lowest BCUT2D eigenvalue weighted by Gasteiger charge is -2.36. The van der Waals surface area contributed by atoms with Crippen LogP contribution in [0, 0.1) is 0 Å². The van der Waals surface area contributed by atoms with E-state index in [1.807, 2.05) is 0 Å². The van der Waals surface area contributed by atoms with Crippen molar-refractivity contribution in [1.82, 2.24) is 19.8 Å². The molecule has 2 saturated heterocycles. The molecule has 0 bridgehead atoms. The van der Waals surface area contributed by atoms with Gasteiger partial charge in [-0.25, -0.2) is 14.6 Å². The summed E-state index contributed by atoms with van der Waals surface area (Å²) in [5.74, 6) is -0.981. The number of H-pyrrole nitrogens is 1. The number of rotatable bonds is 3. The van der Waals surface area contributed by atoms with Crippen molar-refractivity contribution < 1.29 is 23.9 Å². The van der Waals surface area contributed by atoms with E-state index in [2.05, 4.69) is 9.97 Å². The molecular formula is C19H20N4O6. The second kappa shape index (κ2) is 7.53. The third-order valence-corrected chi connectivity index (χ3v) is 5.33. The van der Waals surface area contributed by atoms with Gasteiger partial charge in [-0.1, -0.05) is 12.1 Å². The maximum Gasteiger partial charge on any atom is 0.410 e. The summed E-state index contributed by atoms with van der Waals surface area (Å²) in [4.78, 5) is 59.0. The van der Waals surface area contributed by atoms with Crippen LogP contribution in [0.1, 0.15) is 23.3 Å². The van der Waals surface area contributed by atoms with Crippen molar-refractivity contribution in [2.75, 3.05) is 26.8 Å². The lowest BCUT2D eigenvalue weighted by molar-refractivity contribution is -0.145. The van der Waals surface area contributed by atoms with Crippen LogP contribution < -0.4 is 5.56 Å². The zero-order chi connectivity index (χ0) is 20.5. The van der Waals surface area contributed by atoms with Gasteiger partial charge in [0.25, 0.3) is 11.5 Å². The fourth-order valence-corrected chi connectivity index (χ4v) is 3.82. The number of likely N-dealkylation sites (tertiary alicyclic amines) is 1. The Bertz CT molecular complexity index is 1030. The summed E-state index contributed by atoms with van der Waals surface area (Å²) in [6.07, 6.45) is 0.359. The first-order valence-corrected chi connectivity index (χ1v) is 9.31. The number of para-hydroxylation sites is 2. The third-order valence-electron chi connectivity index (χ3n) is 5.33. The van der Waals surface area contributed by atoms with E-state index in [4.69, 9.17) is 9.47 Å². The van der Waals surface area contributed by atoms with Gasteiger partial charge in [-0.15, -0.1) is 0 Å². The number of ether oxygens (including phenoxy) is 2. The molecule has 1 atom stereocenters. The van der Waals surface area contributed by atoms with Crippen LogP contribution in [-0.4, -0.2) is 76.6 Å². The highest BCUT2D eigenvalue weighted by Crippen LogP contribution is 2.25.